The van der Waals surface area contributed by atoms with E-state index in [1.807, 2.05) is 6.07 Å². The summed E-state index contributed by atoms with van der Waals surface area (Å²) in [4.78, 5) is 23.7. The van der Waals surface area contributed by atoms with E-state index in [9.17, 15) is 18.4 Å². The molecule has 0 unspecified atom stereocenters. The second-order valence-electron chi connectivity index (χ2n) is 5.10. The summed E-state index contributed by atoms with van der Waals surface area (Å²) in [5, 5.41) is 0.773. The van der Waals surface area contributed by atoms with Gasteiger partial charge in [-0.05, 0) is 30.3 Å². The van der Waals surface area contributed by atoms with Crippen LogP contribution in [-0.2, 0) is 9.53 Å². The number of thioether (sulfide) groups is 1. The van der Waals surface area contributed by atoms with Crippen molar-refractivity contribution in [3.63, 3.8) is 0 Å². The monoisotopic (exact) mass is 362 g/mol. The lowest BCUT2D eigenvalue weighted by atomic mass is 10.2. The molecule has 0 spiro atoms. The van der Waals surface area contributed by atoms with Gasteiger partial charge in [0.15, 0.2) is 12.4 Å². The van der Waals surface area contributed by atoms with Crippen LogP contribution in [0.25, 0.3) is 11.0 Å². The Kier molecular flexibility index (Phi) is 5.14. The Hall–Kier alpha value is -2.67. The number of Topliss-reactive ketones (excluding diaryl/α,β-unsaturated/α-hetero) is 1. The highest BCUT2D eigenvalue weighted by atomic mass is 32.2. The summed E-state index contributed by atoms with van der Waals surface area (Å²) in [6, 6.07) is 11.7. The Labute approximate surface area is 145 Å². The number of hydrogen-bond donors (Lipinski definition) is 0. The zero-order chi connectivity index (χ0) is 17.8. The second kappa shape index (κ2) is 7.48. The fourth-order valence-corrected chi connectivity index (χ4v) is 2.86. The van der Waals surface area contributed by atoms with Gasteiger partial charge in [-0.1, -0.05) is 18.2 Å². The predicted molar refractivity (Wildman–Crippen MR) is 88.6 cm³/mol. The molecule has 0 N–H and O–H groups in total. The first-order valence-electron chi connectivity index (χ1n) is 7.28. The smallest absolute Gasteiger partial charge is 0.316 e. The molecule has 0 fully saturated rings. The minimum atomic E-state index is -0.710. The van der Waals surface area contributed by atoms with Gasteiger partial charge < -0.3 is 9.15 Å². The molecule has 1 heterocycles. The topological polar surface area (TPSA) is 56.5 Å². The molecule has 0 saturated carbocycles. The molecule has 4 nitrogen and oxygen atoms in total. The summed E-state index contributed by atoms with van der Waals surface area (Å²) in [6.45, 7) is -0.481. The number of ether oxygens (including phenoxy) is 1. The van der Waals surface area contributed by atoms with Crippen LogP contribution in [0.2, 0.25) is 0 Å². The average molecular weight is 362 g/mol. The molecule has 7 heteroatoms. The fraction of sp³-hybridized carbons (Fsp3) is 0.111. The lowest BCUT2D eigenvalue weighted by molar-refractivity contribution is -0.139. The van der Waals surface area contributed by atoms with Crippen LogP contribution < -0.4 is 0 Å². The molecular weight excluding hydrogens is 350 g/mol. The number of rotatable bonds is 6. The van der Waals surface area contributed by atoms with Crippen LogP contribution in [0.3, 0.4) is 0 Å². The van der Waals surface area contributed by atoms with Gasteiger partial charge in [0.05, 0.1) is 5.75 Å². The Morgan fingerprint density at radius 1 is 1.08 bits per heavy atom. The summed E-state index contributed by atoms with van der Waals surface area (Å²) in [5.74, 6) is -2.56. The summed E-state index contributed by atoms with van der Waals surface area (Å²) < 4.78 is 36.7. The van der Waals surface area contributed by atoms with Crippen molar-refractivity contribution in [2.24, 2.45) is 0 Å². The standard InChI is InChI=1S/C18H12F2O4S/c19-12-5-6-13(20)17(8-12)25-10-18(22)23-9-14(21)16-7-11-3-1-2-4-15(11)24-16/h1-8H,9-10H2. The van der Waals surface area contributed by atoms with Gasteiger partial charge in [-0.2, -0.15) is 0 Å². The average Bonchev–Trinajstić information content (AvgIpc) is 3.04. The van der Waals surface area contributed by atoms with E-state index >= 15 is 0 Å². The number of furan rings is 1. The van der Waals surface area contributed by atoms with Crippen LogP contribution in [-0.4, -0.2) is 24.1 Å². The van der Waals surface area contributed by atoms with E-state index in [1.54, 1.807) is 24.3 Å². The van der Waals surface area contributed by atoms with E-state index in [4.69, 9.17) is 9.15 Å². The van der Waals surface area contributed by atoms with E-state index in [0.717, 1.165) is 35.3 Å². The maximum absolute atomic E-state index is 13.5. The molecule has 1 aromatic heterocycles. The molecule has 25 heavy (non-hydrogen) atoms. The molecule has 3 rings (SSSR count). The zero-order valence-electron chi connectivity index (χ0n) is 12.8. The van der Waals surface area contributed by atoms with Gasteiger partial charge in [0, 0.05) is 10.3 Å². The van der Waals surface area contributed by atoms with Gasteiger partial charge in [0.25, 0.3) is 0 Å². The highest BCUT2D eigenvalue weighted by Gasteiger charge is 2.15. The number of hydrogen-bond acceptors (Lipinski definition) is 5. The molecule has 0 radical (unpaired) electrons. The van der Waals surface area contributed by atoms with Crippen LogP contribution >= 0.6 is 11.8 Å². The number of esters is 1. The number of carbonyl (C=O) groups excluding carboxylic acids is 2. The van der Waals surface area contributed by atoms with E-state index < -0.39 is 30.0 Å². The van der Waals surface area contributed by atoms with Crippen molar-refractivity contribution in [2.75, 3.05) is 12.4 Å². The molecule has 0 aliphatic heterocycles. The van der Waals surface area contributed by atoms with Gasteiger partial charge in [0.1, 0.15) is 17.2 Å². The maximum atomic E-state index is 13.5. The molecule has 0 aliphatic rings. The first-order chi connectivity index (χ1) is 12.0. The van der Waals surface area contributed by atoms with Crippen LogP contribution in [0.5, 0.6) is 0 Å². The minimum absolute atomic E-state index is 0.000519. The van der Waals surface area contributed by atoms with Crippen molar-refractivity contribution in [2.45, 2.75) is 4.90 Å². The highest BCUT2D eigenvalue weighted by Crippen LogP contribution is 2.23. The van der Waals surface area contributed by atoms with Gasteiger partial charge in [0.2, 0.25) is 5.78 Å². The van der Waals surface area contributed by atoms with Gasteiger partial charge >= 0.3 is 5.97 Å². The van der Waals surface area contributed by atoms with Crippen LogP contribution in [0, 0.1) is 11.6 Å². The van der Waals surface area contributed by atoms with E-state index in [0.29, 0.717) is 5.58 Å². The van der Waals surface area contributed by atoms with Crippen molar-refractivity contribution >= 4 is 34.5 Å². The normalized spacial score (nSPS) is 10.8. The van der Waals surface area contributed by atoms with Crippen molar-refractivity contribution in [1.82, 2.24) is 0 Å². The number of halogens is 2. The van der Waals surface area contributed by atoms with Gasteiger partial charge in [-0.3, -0.25) is 9.59 Å². The Morgan fingerprint density at radius 3 is 2.68 bits per heavy atom. The van der Waals surface area contributed by atoms with Crippen LogP contribution in [0.4, 0.5) is 8.78 Å². The minimum Gasteiger partial charge on any atom is -0.457 e. The predicted octanol–water partition coefficient (Wildman–Crippen LogP) is 4.23. The summed E-state index contributed by atoms with van der Waals surface area (Å²) >= 11 is 0.796. The number of ketones is 1. The van der Waals surface area contributed by atoms with Crippen LogP contribution in [0.1, 0.15) is 10.6 Å². The first kappa shape index (κ1) is 17.2. The molecular formula is C18H12F2O4S. The Balaban J connectivity index is 1.53. The third kappa shape index (κ3) is 4.24. The molecule has 0 saturated heterocycles. The molecule has 0 amide bonds. The molecule has 0 bridgehead atoms. The Bertz CT molecular complexity index is 903. The van der Waals surface area contributed by atoms with Crippen molar-refractivity contribution < 1.29 is 27.5 Å². The molecule has 3 aromatic rings. The number of benzene rings is 2. The summed E-state index contributed by atoms with van der Waals surface area (Å²) in [7, 11) is 0. The van der Waals surface area contributed by atoms with Crippen molar-refractivity contribution in [3.05, 3.63) is 65.9 Å². The SMILES string of the molecule is O=C(CSc1cc(F)ccc1F)OCC(=O)c1cc2ccccc2o1. The van der Waals surface area contributed by atoms with Crippen LogP contribution in [0.15, 0.2) is 57.8 Å². The molecule has 128 valence electrons. The summed E-state index contributed by atoms with van der Waals surface area (Å²) in [6.07, 6.45) is 0. The summed E-state index contributed by atoms with van der Waals surface area (Å²) in [5.41, 5.74) is 0.564. The van der Waals surface area contributed by atoms with Crippen molar-refractivity contribution in [3.8, 4) is 0 Å². The largest absolute Gasteiger partial charge is 0.457 e. The third-order valence-corrected chi connectivity index (χ3v) is 4.31. The lowest BCUT2D eigenvalue weighted by Crippen LogP contribution is -2.15. The van der Waals surface area contributed by atoms with E-state index in [1.165, 1.54) is 0 Å². The molecule has 2 aromatic carbocycles. The first-order valence-corrected chi connectivity index (χ1v) is 8.27. The molecule has 0 atom stereocenters. The second-order valence-corrected chi connectivity index (χ2v) is 6.11. The number of fused-ring (bicyclic) bond motifs is 1. The van der Waals surface area contributed by atoms with E-state index in [-0.39, 0.29) is 16.4 Å². The zero-order valence-corrected chi connectivity index (χ0v) is 13.6. The maximum Gasteiger partial charge on any atom is 0.316 e. The highest BCUT2D eigenvalue weighted by molar-refractivity contribution is 8.00. The lowest BCUT2D eigenvalue weighted by Gasteiger charge is -2.04. The van der Waals surface area contributed by atoms with Crippen molar-refractivity contribution in [1.29, 1.82) is 0 Å². The van der Waals surface area contributed by atoms with Gasteiger partial charge in [-0.25, -0.2) is 8.78 Å². The molecule has 0 aliphatic carbocycles. The third-order valence-electron chi connectivity index (χ3n) is 3.30. The fourth-order valence-electron chi connectivity index (χ4n) is 2.10. The number of para-hydroxylation sites is 1. The Morgan fingerprint density at radius 2 is 1.88 bits per heavy atom. The number of carbonyl (C=O) groups is 2. The van der Waals surface area contributed by atoms with E-state index in [2.05, 4.69) is 0 Å². The van der Waals surface area contributed by atoms with Gasteiger partial charge in [-0.15, -0.1) is 11.8 Å². The quantitative estimate of drug-likeness (QED) is 0.373.